The number of nitrogens with one attached hydrogen (secondary N) is 1. The zero-order chi connectivity index (χ0) is 12.4. The van der Waals surface area contributed by atoms with Crippen molar-refractivity contribution in [1.82, 2.24) is 9.97 Å². The van der Waals surface area contributed by atoms with Crippen LogP contribution in [0.1, 0.15) is 12.6 Å². The monoisotopic (exact) mass is 379 g/mol. The van der Waals surface area contributed by atoms with Crippen LogP contribution < -0.4 is 5.32 Å². The molecule has 0 bridgehead atoms. The SMILES string of the molecule is CCNc1nc(-c2cc(Cl)cs2)nc(C)c1I. The lowest BCUT2D eigenvalue weighted by Gasteiger charge is -2.08. The number of hydrogen-bond donors (Lipinski definition) is 1. The van der Waals surface area contributed by atoms with Crippen LogP contribution in [0, 0.1) is 10.5 Å². The normalized spacial score (nSPS) is 10.6. The van der Waals surface area contributed by atoms with Crippen LogP contribution in [0.2, 0.25) is 5.02 Å². The van der Waals surface area contributed by atoms with Gasteiger partial charge in [-0.05, 0) is 42.5 Å². The minimum atomic E-state index is 0.731. The Kier molecular flexibility index (Phi) is 4.22. The maximum atomic E-state index is 5.92. The van der Waals surface area contributed by atoms with Crippen LogP contribution in [0.5, 0.6) is 0 Å². The van der Waals surface area contributed by atoms with E-state index in [1.54, 1.807) is 11.3 Å². The van der Waals surface area contributed by atoms with Crippen molar-refractivity contribution in [3.05, 3.63) is 25.7 Å². The molecule has 90 valence electrons. The fourth-order valence-electron chi connectivity index (χ4n) is 1.38. The average Bonchev–Trinajstić information content (AvgIpc) is 2.71. The summed E-state index contributed by atoms with van der Waals surface area (Å²) in [5.41, 5.74) is 0.982. The Morgan fingerprint density at radius 3 is 2.82 bits per heavy atom. The second-order valence-electron chi connectivity index (χ2n) is 3.45. The number of aryl methyl sites for hydroxylation is 1. The highest BCUT2D eigenvalue weighted by atomic mass is 127. The summed E-state index contributed by atoms with van der Waals surface area (Å²) in [4.78, 5) is 10.0. The Bertz CT molecular complexity index is 542. The predicted molar refractivity (Wildman–Crippen MR) is 82.0 cm³/mol. The summed E-state index contributed by atoms with van der Waals surface area (Å²) >= 11 is 9.74. The van der Waals surface area contributed by atoms with Gasteiger partial charge in [0.05, 0.1) is 19.2 Å². The molecule has 3 nitrogen and oxygen atoms in total. The minimum absolute atomic E-state index is 0.731. The molecule has 0 saturated heterocycles. The molecule has 0 spiro atoms. The lowest BCUT2D eigenvalue weighted by atomic mass is 10.3. The maximum Gasteiger partial charge on any atom is 0.171 e. The van der Waals surface area contributed by atoms with E-state index in [0.717, 1.165) is 37.4 Å². The molecule has 2 heterocycles. The van der Waals surface area contributed by atoms with E-state index in [2.05, 4.69) is 44.8 Å². The molecule has 0 unspecified atom stereocenters. The number of anilines is 1. The topological polar surface area (TPSA) is 37.8 Å². The smallest absolute Gasteiger partial charge is 0.171 e. The van der Waals surface area contributed by atoms with Crippen LogP contribution in [0.25, 0.3) is 10.7 Å². The van der Waals surface area contributed by atoms with Gasteiger partial charge in [-0.3, -0.25) is 0 Å². The summed E-state index contributed by atoms with van der Waals surface area (Å²) in [6.45, 7) is 4.88. The van der Waals surface area contributed by atoms with Gasteiger partial charge < -0.3 is 5.32 Å². The van der Waals surface area contributed by atoms with E-state index >= 15 is 0 Å². The third-order valence-electron chi connectivity index (χ3n) is 2.15. The van der Waals surface area contributed by atoms with Gasteiger partial charge in [0.2, 0.25) is 0 Å². The van der Waals surface area contributed by atoms with Crippen molar-refractivity contribution in [2.75, 3.05) is 11.9 Å². The van der Waals surface area contributed by atoms with E-state index in [0.29, 0.717) is 0 Å². The third kappa shape index (κ3) is 2.89. The summed E-state index contributed by atoms with van der Waals surface area (Å²) in [6.07, 6.45) is 0. The number of nitrogens with zero attached hydrogens (tertiary/aromatic N) is 2. The number of aromatic nitrogens is 2. The zero-order valence-electron chi connectivity index (χ0n) is 9.42. The highest BCUT2D eigenvalue weighted by molar-refractivity contribution is 14.1. The van der Waals surface area contributed by atoms with Gasteiger partial charge in [0.25, 0.3) is 0 Å². The highest BCUT2D eigenvalue weighted by Crippen LogP contribution is 2.29. The second kappa shape index (κ2) is 5.49. The number of rotatable bonds is 3. The molecule has 0 fully saturated rings. The molecule has 0 aromatic carbocycles. The van der Waals surface area contributed by atoms with E-state index in [1.165, 1.54) is 0 Å². The molecule has 6 heteroatoms. The van der Waals surface area contributed by atoms with Gasteiger partial charge in [-0.25, -0.2) is 9.97 Å². The van der Waals surface area contributed by atoms with E-state index in [9.17, 15) is 0 Å². The van der Waals surface area contributed by atoms with Gasteiger partial charge in [-0.1, -0.05) is 11.6 Å². The number of halogens is 2. The average molecular weight is 380 g/mol. The van der Waals surface area contributed by atoms with E-state index in [1.807, 2.05) is 18.4 Å². The zero-order valence-corrected chi connectivity index (χ0v) is 13.2. The summed E-state index contributed by atoms with van der Waals surface area (Å²) in [5.74, 6) is 1.62. The van der Waals surface area contributed by atoms with Gasteiger partial charge in [-0.2, -0.15) is 0 Å². The first-order valence-electron chi connectivity index (χ1n) is 5.14. The highest BCUT2D eigenvalue weighted by Gasteiger charge is 2.11. The van der Waals surface area contributed by atoms with Crippen LogP contribution in [-0.2, 0) is 0 Å². The molecule has 0 aliphatic heterocycles. The van der Waals surface area contributed by atoms with Gasteiger partial charge in [-0.15, -0.1) is 11.3 Å². The molecule has 2 rings (SSSR count). The van der Waals surface area contributed by atoms with E-state index in [4.69, 9.17) is 11.6 Å². The standard InChI is InChI=1S/C11H11ClIN3S/c1-3-14-11-9(13)6(2)15-10(16-11)8-4-7(12)5-17-8/h4-5H,3H2,1-2H3,(H,14,15,16). The Labute approximate surface area is 123 Å². The number of thiophene rings is 1. The Hall–Kier alpha value is -0.400. The van der Waals surface area contributed by atoms with Gasteiger partial charge in [0.1, 0.15) is 5.82 Å². The molecular weight excluding hydrogens is 369 g/mol. The van der Waals surface area contributed by atoms with Crippen molar-refractivity contribution >= 4 is 51.3 Å². The summed E-state index contributed by atoms with van der Waals surface area (Å²) in [7, 11) is 0. The minimum Gasteiger partial charge on any atom is -0.369 e. The van der Waals surface area contributed by atoms with Crippen LogP contribution >= 0.6 is 45.5 Å². The van der Waals surface area contributed by atoms with Crippen LogP contribution in [0.15, 0.2) is 11.4 Å². The molecule has 0 atom stereocenters. The first-order valence-corrected chi connectivity index (χ1v) is 7.48. The van der Waals surface area contributed by atoms with Crippen molar-refractivity contribution in [2.24, 2.45) is 0 Å². The lowest BCUT2D eigenvalue weighted by Crippen LogP contribution is -2.05. The van der Waals surface area contributed by atoms with Gasteiger partial charge >= 0.3 is 0 Å². The van der Waals surface area contributed by atoms with Crippen molar-refractivity contribution < 1.29 is 0 Å². The third-order valence-corrected chi connectivity index (χ3v) is 4.71. The van der Waals surface area contributed by atoms with Crippen LogP contribution in [0.3, 0.4) is 0 Å². The first kappa shape index (κ1) is 13.0. The quantitative estimate of drug-likeness (QED) is 0.812. The second-order valence-corrected chi connectivity index (χ2v) is 5.88. The molecular formula is C11H11ClIN3S. The van der Waals surface area contributed by atoms with Crippen LogP contribution in [0.4, 0.5) is 5.82 Å². The van der Waals surface area contributed by atoms with Crippen molar-refractivity contribution in [1.29, 1.82) is 0 Å². The summed E-state index contributed by atoms with van der Waals surface area (Å²) in [6, 6.07) is 1.89. The van der Waals surface area contributed by atoms with Crippen molar-refractivity contribution in [2.45, 2.75) is 13.8 Å². The van der Waals surface area contributed by atoms with Crippen molar-refractivity contribution in [3.8, 4) is 10.7 Å². The fraction of sp³-hybridized carbons (Fsp3) is 0.273. The molecule has 0 radical (unpaired) electrons. The van der Waals surface area contributed by atoms with Gasteiger partial charge in [0, 0.05) is 11.9 Å². The lowest BCUT2D eigenvalue weighted by molar-refractivity contribution is 1.07. The molecule has 0 aliphatic rings. The van der Waals surface area contributed by atoms with E-state index < -0.39 is 0 Å². The van der Waals surface area contributed by atoms with Crippen LogP contribution in [-0.4, -0.2) is 16.5 Å². The Morgan fingerprint density at radius 1 is 1.47 bits per heavy atom. The van der Waals surface area contributed by atoms with E-state index in [-0.39, 0.29) is 0 Å². The maximum absolute atomic E-state index is 5.92. The molecule has 1 N–H and O–H groups in total. The molecule has 0 aliphatic carbocycles. The molecule has 0 amide bonds. The summed E-state index contributed by atoms with van der Waals surface area (Å²) < 4.78 is 1.07. The van der Waals surface area contributed by atoms with Gasteiger partial charge in [0.15, 0.2) is 5.82 Å². The molecule has 2 aromatic heterocycles. The number of hydrogen-bond acceptors (Lipinski definition) is 4. The largest absolute Gasteiger partial charge is 0.369 e. The molecule has 2 aromatic rings. The summed E-state index contributed by atoms with van der Waals surface area (Å²) in [5, 5.41) is 5.87. The first-order chi connectivity index (χ1) is 8.11. The molecule has 17 heavy (non-hydrogen) atoms. The Balaban J connectivity index is 2.48. The Morgan fingerprint density at radius 2 is 2.24 bits per heavy atom. The predicted octanol–water partition coefficient (Wildman–Crippen LogP) is 4.20. The molecule has 0 saturated carbocycles. The van der Waals surface area contributed by atoms with Crippen molar-refractivity contribution in [3.63, 3.8) is 0 Å². The fourth-order valence-corrected chi connectivity index (χ4v) is 2.82.